The molecule has 2 rings (SSSR count). The number of aryl methyl sites for hydroxylation is 2. The van der Waals surface area contributed by atoms with Crippen LogP contribution in [0.2, 0.25) is 0 Å². The number of nitrogens with zero attached hydrogens (tertiary/aromatic N) is 1. The summed E-state index contributed by atoms with van der Waals surface area (Å²) in [5.41, 5.74) is 1.90. The molecule has 16 heavy (non-hydrogen) atoms. The first-order valence-corrected chi connectivity index (χ1v) is 5.86. The predicted octanol–water partition coefficient (Wildman–Crippen LogP) is 3.04. The molecule has 1 heterocycles. The van der Waals surface area contributed by atoms with Gasteiger partial charge in [0.1, 0.15) is 18.1 Å². The van der Waals surface area contributed by atoms with Crippen molar-refractivity contribution in [2.75, 3.05) is 0 Å². The van der Waals surface area contributed by atoms with Crippen LogP contribution < -0.4 is 4.74 Å². The van der Waals surface area contributed by atoms with E-state index >= 15 is 0 Å². The summed E-state index contributed by atoms with van der Waals surface area (Å²) in [6.07, 6.45) is 0. The van der Waals surface area contributed by atoms with Gasteiger partial charge in [-0.05, 0) is 31.5 Å². The third-order valence-electron chi connectivity index (χ3n) is 2.09. The lowest BCUT2D eigenvalue weighted by atomic mass is 10.2. The maximum Gasteiger partial charge on any atom is 0.131 e. The Balaban J connectivity index is 2.04. The molecule has 0 aliphatic heterocycles. The lowest BCUT2D eigenvalue weighted by Crippen LogP contribution is -1.95. The van der Waals surface area contributed by atoms with Crippen LogP contribution in [0.1, 0.15) is 16.3 Å². The Morgan fingerprint density at radius 2 is 2.12 bits per heavy atom. The van der Waals surface area contributed by atoms with Crippen LogP contribution in [0.5, 0.6) is 11.5 Å². The summed E-state index contributed by atoms with van der Waals surface area (Å²) in [4.78, 5) is 4.30. The Morgan fingerprint density at radius 3 is 2.75 bits per heavy atom. The van der Waals surface area contributed by atoms with Gasteiger partial charge in [0, 0.05) is 11.4 Å². The first-order valence-electron chi connectivity index (χ1n) is 4.98. The van der Waals surface area contributed by atoms with Gasteiger partial charge in [-0.15, -0.1) is 11.3 Å². The second-order valence-electron chi connectivity index (χ2n) is 3.65. The number of rotatable bonds is 3. The van der Waals surface area contributed by atoms with E-state index in [-0.39, 0.29) is 5.75 Å². The second-order valence-corrected chi connectivity index (χ2v) is 4.71. The Bertz CT molecular complexity index is 473. The lowest BCUT2D eigenvalue weighted by molar-refractivity contribution is 0.300. The first kappa shape index (κ1) is 11.0. The van der Waals surface area contributed by atoms with E-state index in [4.69, 9.17) is 4.74 Å². The van der Waals surface area contributed by atoms with Gasteiger partial charge in [-0.25, -0.2) is 4.98 Å². The number of aromatic nitrogens is 1. The van der Waals surface area contributed by atoms with Crippen LogP contribution in [-0.4, -0.2) is 10.1 Å². The number of hydrogen-bond donors (Lipinski definition) is 1. The van der Waals surface area contributed by atoms with Crippen LogP contribution in [-0.2, 0) is 6.61 Å². The van der Waals surface area contributed by atoms with Crippen LogP contribution in [0, 0.1) is 13.8 Å². The van der Waals surface area contributed by atoms with Crippen molar-refractivity contribution in [3.63, 3.8) is 0 Å². The van der Waals surface area contributed by atoms with E-state index in [1.165, 1.54) is 0 Å². The van der Waals surface area contributed by atoms with Crippen molar-refractivity contribution in [1.82, 2.24) is 4.98 Å². The Hall–Kier alpha value is -1.55. The third kappa shape index (κ3) is 2.73. The van der Waals surface area contributed by atoms with Gasteiger partial charge >= 0.3 is 0 Å². The maximum absolute atomic E-state index is 9.40. The smallest absolute Gasteiger partial charge is 0.131 e. The molecule has 1 aromatic carbocycles. The summed E-state index contributed by atoms with van der Waals surface area (Å²) >= 11 is 1.61. The fourth-order valence-corrected chi connectivity index (χ4v) is 2.04. The maximum atomic E-state index is 9.40. The van der Waals surface area contributed by atoms with E-state index in [9.17, 15) is 5.11 Å². The van der Waals surface area contributed by atoms with Crippen LogP contribution >= 0.6 is 11.3 Å². The van der Waals surface area contributed by atoms with Gasteiger partial charge in [0.05, 0.1) is 10.7 Å². The van der Waals surface area contributed by atoms with Gasteiger partial charge in [-0.3, -0.25) is 0 Å². The zero-order chi connectivity index (χ0) is 11.5. The minimum Gasteiger partial charge on any atom is -0.508 e. The molecule has 2 aromatic rings. The van der Waals surface area contributed by atoms with Crippen molar-refractivity contribution in [3.8, 4) is 11.5 Å². The molecule has 0 aliphatic carbocycles. The monoisotopic (exact) mass is 235 g/mol. The van der Waals surface area contributed by atoms with Gasteiger partial charge in [0.2, 0.25) is 0 Å². The molecule has 1 N–H and O–H groups in total. The molecule has 0 fully saturated rings. The molecular formula is C12H13NO2S. The molecule has 4 heteroatoms. The number of aromatic hydroxyl groups is 1. The molecule has 0 saturated heterocycles. The van der Waals surface area contributed by atoms with Gasteiger partial charge in [-0.1, -0.05) is 0 Å². The van der Waals surface area contributed by atoms with E-state index in [2.05, 4.69) is 4.98 Å². The highest BCUT2D eigenvalue weighted by Crippen LogP contribution is 2.22. The van der Waals surface area contributed by atoms with Crippen LogP contribution in [0.25, 0.3) is 0 Å². The average Bonchev–Trinajstić information content (AvgIpc) is 2.60. The lowest BCUT2D eigenvalue weighted by Gasteiger charge is -2.05. The minimum absolute atomic E-state index is 0.226. The molecular weight excluding hydrogens is 222 g/mol. The molecule has 3 nitrogen and oxygen atoms in total. The Kier molecular flexibility index (Phi) is 3.10. The highest BCUT2D eigenvalue weighted by molar-refractivity contribution is 7.09. The zero-order valence-corrected chi connectivity index (χ0v) is 10.0. The number of ether oxygens (including phenoxy) is 1. The number of thiazole rings is 1. The van der Waals surface area contributed by atoms with Gasteiger partial charge in [0.15, 0.2) is 0 Å². The van der Waals surface area contributed by atoms with Crippen molar-refractivity contribution in [2.45, 2.75) is 20.5 Å². The number of phenols is 1. The SMILES string of the molecule is Cc1cc(O)cc(OCc2csc(C)n2)c1. The van der Waals surface area contributed by atoms with Crippen molar-refractivity contribution in [2.24, 2.45) is 0 Å². The summed E-state index contributed by atoms with van der Waals surface area (Å²) in [6, 6.07) is 5.19. The number of phenolic OH excluding ortho intramolecular Hbond substituents is 1. The van der Waals surface area contributed by atoms with Gasteiger partial charge in [0.25, 0.3) is 0 Å². The molecule has 0 unspecified atom stereocenters. The van der Waals surface area contributed by atoms with E-state index in [1.54, 1.807) is 23.5 Å². The van der Waals surface area contributed by atoms with Crippen molar-refractivity contribution in [1.29, 1.82) is 0 Å². The molecule has 84 valence electrons. The van der Waals surface area contributed by atoms with Crippen LogP contribution in [0.3, 0.4) is 0 Å². The fraction of sp³-hybridized carbons (Fsp3) is 0.250. The van der Waals surface area contributed by atoms with Crippen molar-refractivity contribution in [3.05, 3.63) is 39.8 Å². The first-order chi connectivity index (χ1) is 7.63. The molecule has 0 atom stereocenters. The van der Waals surface area contributed by atoms with E-state index < -0.39 is 0 Å². The van der Waals surface area contributed by atoms with Gasteiger partial charge < -0.3 is 9.84 Å². The molecule has 0 spiro atoms. The summed E-state index contributed by atoms with van der Waals surface area (Å²) in [5, 5.41) is 12.4. The molecule has 0 saturated carbocycles. The minimum atomic E-state index is 0.226. The van der Waals surface area contributed by atoms with Gasteiger partial charge in [-0.2, -0.15) is 0 Å². The van der Waals surface area contributed by atoms with E-state index in [0.717, 1.165) is 16.3 Å². The average molecular weight is 235 g/mol. The normalized spacial score (nSPS) is 10.4. The molecule has 0 amide bonds. The van der Waals surface area contributed by atoms with Crippen molar-refractivity contribution >= 4 is 11.3 Å². The van der Waals surface area contributed by atoms with Crippen LogP contribution in [0.4, 0.5) is 0 Å². The summed E-state index contributed by atoms with van der Waals surface area (Å²) in [7, 11) is 0. The largest absolute Gasteiger partial charge is 0.508 e. The summed E-state index contributed by atoms with van der Waals surface area (Å²) in [6.45, 7) is 4.32. The topological polar surface area (TPSA) is 42.4 Å². The molecule has 0 radical (unpaired) electrons. The predicted molar refractivity (Wildman–Crippen MR) is 64.0 cm³/mol. The van der Waals surface area contributed by atoms with E-state index in [0.29, 0.717) is 12.4 Å². The molecule has 0 aliphatic rings. The molecule has 1 aromatic heterocycles. The second kappa shape index (κ2) is 4.53. The standard InChI is InChI=1S/C12H13NO2S/c1-8-3-11(14)5-12(4-8)15-6-10-7-16-9(2)13-10/h3-5,7,14H,6H2,1-2H3. The zero-order valence-electron chi connectivity index (χ0n) is 9.23. The quantitative estimate of drug-likeness (QED) is 0.889. The summed E-state index contributed by atoms with van der Waals surface area (Å²) in [5.74, 6) is 0.896. The number of benzene rings is 1. The number of hydrogen-bond acceptors (Lipinski definition) is 4. The summed E-state index contributed by atoms with van der Waals surface area (Å²) < 4.78 is 5.55. The Labute approximate surface area is 98.4 Å². The van der Waals surface area contributed by atoms with Crippen molar-refractivity contribution < 1.29 is 9.84 Å². The third-order valence-corrected chi connectivity index (χ3v) is 2.91. The molecule has 0 bridgehead atoms. The Morgan fingerprint density at radius 1 is 1.31 bits per heavy atom. The fourth-order valence-electron chi connectivity index (χ4n) is 1.44. The van der Waals surface area contributed by atoms with Crippen LogP contribution in [0.15, 0.2) is 23.6 Å². The highest BCUT2D eigenvalue weighted by atomic mass is 32.1. The van der Waals surface area contributed by atoms with E-state index in [1.807, 2.05) is 25.3 Å². The highest BCUT2D eigenvalue weighted by Gasteiger charge is 2.01.